The van der Waals surface area contributed by atoms with Crippen LogP contribution in [0.25, 0.3) is 0 Å². The summed E-state index contributed by atoms with van der Waals surface area (Å²) in [7, 11) is 0. The van der Waals surface area contributed by atoms with Crippen LogP contribution in [0.5, 0.6) is 0 Å². The van der Waals surface area contributed by atoms with Gasteiger partial charge in [-0.2, -0.15) is 0 Å². The van der Waals surface area contributed by atoms with Crippen LogP contribution in [0.4, 0.5) is 0 Å². The molecule has 0 aromatic heterocycles. The van der Waals surface area contributed by atoms with E-state index in [4.69, 9.17) is 5.11 Å². The highest BCUT2D eigenvalue weighted by molar-refractivity contribution is 5.79. The predicted molar refractivity (Wildman–Crippen MR) is 56.1 cm³/mol. The maximum absolute atomic E-state index is 11.3. The summed E-state index contributed by atoms with van der Waals surface area (Å²) < 4.78 is 0. The smallest absolute Gasteiger partial charge is 0.135 e. The fourth-order valence-electron chi connectivity index (χ4n) is 1.36. The van der Waals surface area contributed by atoms with Gasteiger partial charge in [-0.1, -0.05) is 30.3 Å². The fraction of sp³-hybridized carbons (Fsp3) is 0.417. The van der Waals surface area contributed by atoms with Crippen molar-refractivity contribution in [2.24, 2.45) is 0 Å². The Balaban J connectivity index is 2.31. The van der Waals surface area contributed by atoms with Crippen molar-refractivity contribution in [1.29, 1.82) is 0 Å². The molecule has 0 saturated carbocycles. The molecule has 0 bridgehead atoms. The van der Waals surface area contributed by atoms with Gasteiger partial charge in [0.05, 0.1) is 6.10 Å². The lowest BCUT2D eigenvalue weighted by atomic mass is 10.0. The van der Waals surface area contributed by atoms with Gasteiger partial charge >= 0.3 is 0 Å². The van der Waals surface area contributed by atoms with Crippen molar-refractivity contribution >= 4 is 5.78 Å². The van der Waals surface area contributed by atoms with Crippen molar-refractivity contribution in [1.82, 2.24) is 0 Å². The third-order valence-corrected chi connectivity index (χ3v) is 2.06. The van der Waals surface area contributed by atoms with Crippen LogP contribution in [0.2, 0.25) is 0 Å². The number of benzene rings is 1. The molecule has 0 saturated heterocycles. The number of carbonyl (C=O) groups is 1. The Morgan fingerprint density at radius 1 is 1.36 bits per heavy atom. The molecule has 0 spiro atoms. The lowest BCUT2D eigenvalue weighted by Crippen LogP contribution is -2.09. The van der Waals surface area contributed by atoms with E-state index in [1.54, 1.807) is 6.92 Å². The van der Waals surface area contributed by atoms with Crippen LogP contribution < -0.4 is 0 Å². The van der Waals surface area contributed by atoms with E-state index in [0.29, 0.717) is 6.42 Å². The Morgan fingerprint density at radius 3 is 2.57 bits per heavy atom. The zero-order chi connectivity index (χ0) is 10.4. The lowest BCUT2D eigenvalue weighted by Gasteiger charge is -2.03. The molecule has 76 valence electrons. The lowest BCUT2D eigenvalue weighted by molar-refractivity contribution is -0.120. The molecular weight excluding hydrogens is 176 g/mol. The fourth-order valence-corrected chi connectivity index (χ4v) is 1.36. The predicted octanol–water partition coefficient (Wildman–Crippen LogP) is 1.96. The van der Waals surface area contributed by atoms with Crippen molar-refractivity contribution in [2.45, 2.75) is 32.3 Å². The van der Waals surface area contributed by atoms with E-state index in [2.05, 4.69) is 0 Å². The second kappa shape index (κ2) is 5.55. The second-order valence-corrected chi connectivity index (χ2v) is 3.58. The Morgan fingerprint density at radius 2 is 2.00 bits per heavy atom. The zero-order valence-corrected chi connectivity index (χ0v) is 8.44. The summed E-state index contributed by atoms with van der Waals surface area (Å²) in [6.45, 7) is 1.64. The van der Waals surface area contributed by atoms with Crippen LogP contribution in [0.3, 0.4) is 0 Å². The first-order valence-electron chi connectivity index (χ1n) is 4.92. The van der Waals surface area contributed by atoms with Gasteiger partial charge in [-0.05, 0) is 18.9 Å². The molecule has 0 heterocycles. The largest absolute Gasteiger partial charge is 0.393 e. The molecule has 1 N–H and O–H groups in total. The zero-order valence-electron chi connectivity index (χ0n) is 8.44. The minimum absolute atomic E-state index is 0.129. The SMILES string of the molecule is CC(O)CC(=O)CCc1ccccc1. The van der Waals surface area contributed by atoms with Gasteiger partial charge in [0.2, 0.25) is 0 Å². The molecule has 0 aliphatic rings. The molecule has 1 aromatic rings. The highest BCUT2D eigenvalue weighted by Crippen LogP contribution is 2.04. The standard InChI is InChI=1S/C12H16O2/c1-10(13)9-12(14)8-7-11-5-3-2-4-6-11/h2-6,10,13H,7-9H2,1H3. The van der Waals surface area contributed by atoms with Crippen molar-refractivity contribution in [2.75, 3.05) is 0 Å². The normalized spacial score (nSPS) is 12.4. The van der Waals surface area contributed by atoms with Gasteiger partial charge < -0.3 is 5.11 Å². The maximum Gasteiger partial charge on any atom is 0.135 e. The Kier molecular flexibility index (Phi) is 4.33. The molecule has 2 heteroatoms. The van der Waals surface area contributed by atoms with Gasteiger partial charge in [-0.15, -0.1) is 0 Å². The topological polar surface area (TPSA) is 37.3 Å². The average Bonchev–Trinajstić information content (AvgIpc) is 2.15. The van der Waals surface area contributed by atoms with E-state index >= 15 is 0 Å². The average molecular weight is 192 g/mol. The van der Waals surface area contributed by atoms with Crippen molar-refractivity contribution < 1.29 is 9.90 Å². The summed E-state index contributed by atoms with van der Waals surface area (Å²) in [6, 6.07) is 9.91. The number of rotatable bonds is 5. The summed E-state index contributed by atoms with van der Waals surface area (Å²) >= 11 is 0. The van der Waals surface area contributed by atoms with Crippen LogP contribution >= 0.6 is 0 Å². The van der Waals surface area contributed by atoms with E-state index in [1.165, 1.54) is 5.56 Å². The van der Waals surface area contributed by atoms with Gasteiger partial charge in [0, 0.05) is 12.8 Å². The minimum Gasteiger partial charge on any atom is -0.393 e. The van der Waals surface area contributed by atoms with Crippen LogP contribution in [0, 0.1) is 0 Å². The number of hydrogen-bond acceptors (Lipinski definition) is 2. The first-order chi connectivity index (χ1) is 6.68. The van der Waals surface area contributed by atoms with Crippen LogP contribution in [-0.4, -0.2) is 17.0 Å². The molecule has 0 aliphatic heterocycles. The van der Waals surface area contributed by atoms with Crippen LogP contribution in [0.1, 0.15) is 25.3 Å². The Labute approximate surface area is 84.6 Å². The molecule has 0 aliphatic carbocycles. The first kappa shape index (κ1) is 10.9. The summed E-state index contributed by atoms with van der Waals surface area (Å²) in [5.74, 6) is 0.129. The van der Waals surface area contributed by atoms with Gasteiger partial charge in [-0.25, -0.2) is 0 Å². The number of hydrogen-bond donors (Lipinski definition) is 1. The summed E-state index contributed by atoms with van der Waals surface area (Å²) in [5.41, 5.74) is 1.17. The number of Topliss-reactive ketones (excluding diaryl/α,β-unsaturated/α-hetero) is 1. The van der Waals surface area contributed by atoms with Gasteiger partial charge in [-0.3, -0.25) is 4.79 Å². The van der Waals surface area contributed by atoms with Gasteiger partial charge in [0.25, 0.3) is 0 Å². The van der Waals surface area contributed by atoms with E-state index in [1.807, 2.05) is 30.3 Å². The molecule has 2 nitrogen and oxygen atoms in total. The Bertz CT molecular complexity index is 278. The van der Waals surface area contributed by atoms with E-state index in [-0.39, 0.29) is 12.2 Å². The summed E-state index contributed by atoms with van der Waals surface area (Å²) in [6.07, 6.45) is 1.05. The Hall–Kier alpha value is -1.15. The third kappa shape index (κ3) is 4.19. The van der Waals surface area contributed by atoms with E-state index < -0.39 is 6.10 Å². The van der Waals surface area contributed by atoms with Crippen molar-refractivity contribution in [3.63, 3.8) is 0 Å². The molecule has 1 rings (SSSR count). The first-order valence-corrected chi connectivity index (χ1v) is 4.92. The number of carbonyl (C=O) groups excluding carboxylic acids is 1. The van der Waals surface area contributed by atoms with E-state index in [0.717, 1.165) is 6.42 Å². The molecule has 0 amide bonds. The third-order valence-electron chi connectivity index (χ3n) is 2.06. The minimum atomic E-state index is -0.515. The molecule has 1 aromatic carbocycles. The maximum atomic E-state index is 11.3. The van der Waals surface area contributed by atoms with Gasteiger partial charge in [0.15, 0.2) is 0 Å². The highest BCUT2D eigenvalue weighted by atomic mass is 16.3. The second-order valence-electron chi connectivity index (χ2n) is 3.58. The summed E-state index contributed by atoms with van der Waals surface area (Å²) in [4.78, 5) is 11.3. The molecule has 0 radical (unpaired) electrons. The monoisotopic (exact) mass is 192 g/mol. The van der Waals surface area contributed by atoms with Crippen molar-refractivity contribution in [3.8, 4) is 0 Å². The number of aliphatic hydroxyl groups excluding tert-OH is 1. The van der Waals surface area contributed by atoms with Gasteiger partial charge in [0.1, 0.15) is 5.78 Å². The quantitative estimate of drug-likeness (QED) is 0.774. The number of ketones is 1. The summed E-state index contributed by atoms with van der Waals surface area (Å²) in [5, 5.41) is 9.00. The molecule has 1 unspecified atom stereocenters. The number of aliphatic hydroxyl groups is 1. The molecule has 14 heavy (non-hydrogen) atoms. The van der Waals surface area contributed by atoms with Crippen LogP contribution in [0.15, 0.2) is 30.3 Å². The molecular formula is C12H16O2. The molecule has 0 fully saturated rings. The van der Waals surface area contributed by atoms with E-state index in [9.17, 15) is 4.79 Å². The number of aryl methyl sites for hydroxylation is 1. The highest BCUT2D eigenvalue weighted by Gasteiger charge is 2.05. The van der Waals surface area contributed by atoms with Crippen LogP contribution in [-0.2, 0) is 11.2 Å². The van der Waals surface area contributed by atoms with Crippen molar-refractivity contribution in [3.05, 3.63) is 35.9 Å². The molecule has 1 atom stereocenters.